The second kappa shape index (κ2) is 6.86. The van der Waals surface area contributed by atoms with E-state index in [1.165, 1.54) is 5.94 Å². The summed E-state index contributed by atoms with van der Waals surface area (Å²) in [5.74, 6) is -0.766. The fourth-order valence-corrected chi connectivity index (χ4v) is 0.956. The lowest BCUT2D eigenvalue weighted by molar-refractivity contribution is -0.137. The topological polar surface area (TPSA) is 91.7 Å². The van der Waals surface area contributed by atoms with E-state index in [1.807, 2.05) is 0 Å². The number of carbonyl (C=O) groups excluding carboxylic acids is 1. The van der Waals surface area contributed by atoms with Crippen LogP contribution >= 0.6 is 0 Å². The van der Waals surface area contributed by atoms with Gasteiger partial charge in [0, 0.05) is 6.42 Å². The third-order valence-electron chi connectivity index (χ3n) is 1.70. The van der Waals surface area contributed by atoms with E-state index in [4.69, 9.17) is 10.2 Å². The Kier molecular flexibility index (Phi) is 6.07. The Hall–Kier alpha value is -1.61. The summed E-state index contributed by atoms with van der Waals surface area (Å²) in [6.45, 7) is 0. The van der Waals surface area contributed by atoms with Gasteiger partial charge in [0.05, 0.1) is 0 Å². The number of rotatable bonds is 7. The molecule has 0 aromatic rings. The Morgan fingerprint density at radius 1 is 1.00 bits per heavy atom. The van der Waals surface area contributed by atoms with Crippen molar-refractivity contribution in [2.75, 3.05) is 0 Å². The van der Waals surface area contributed by atoms with Crippen LogP contribution in [0.2, 0.25) is 0 Å². The molecule has 0 aliphatic rings. The van der Waals surface area contributed by atoms with Crippen molar-refractivity contribution in [2.24, 2.45) is 0 Å². The summed E-state index contributed by atoms with van der Waals surface area (Å²) < 4.78 is 0. The Balaban J connectivity index is 3.59. The van der Waals surface area contributed by atoms with Gasteiger partial charge in [0.25, 0.3) is 0 Å². The average Bonchev–Trinajstić information content (AvgIpc) is 2.10. The zero-order valence-corrected chi connectivity index (χ0v) is 7.65. The molecule has 5 heteroatoms. The molecule has 0 aromatic carbocycles. The van der Waals surface area contributed by atoms with Gasteiger partial charge in [0.15, 0.2) is 0 Å². The van der Waals surface area contributed by atoms with E-state index in [9.17, 15) is 14.4 Å². The molecule has 0 unspecified atom stereocenters. The normalized spacial score (nSPS) is 9.14. The van der Waals surface area contributed by atoms with Crippen LogP contribution in [0.4, 0.5) is 0 Å². The maximum Gasteiger partial charge on any atom is 0.342 e. The van der Waals surface area contributed by atoms with E-state index in [0.717, 1.165) is 0 Å². The van der Waals surface area contributed by atoms with Crippen LogP contribution in [0, 0.1) is 0 Å². The molecular formula is C9H12O5. The van der Waals surface area contributed by atoms with Crippen LogP contribution < -0.4 is 0 Å². The number of aliphatic carboxylic acids is 2. The summed E-state index contributed by atoms with van der Waals surface area (Å²) in [5.41, 5.74) is -0.277. The summed E-state index contributed by atoms with van der Waals surface area (Å²) in [6.07, 6.45) is 1.83. The van der Waals surface area contributed by atoms with Crippen LogP contribution in [0.5, 0.6) is 0 Å². The van der Waals surface area contributed by atoms with Gasteiger partial charge < -0.3 is 10.2 Å². The number of carboxylic acid groups (broad SMARTS) is 2. The molecule has 0 aromatic heterocycles. The molecule has 78 valence electrons. The molecule has 5 nitrogen and oxygen atoms in total. The van der Waals surface area contributed by atoms with Crippen molar-refractivity contribution in [2.45, 2.75) is 32.1 Å². The van der Waals surface area contributed by atoms with Crippen LogP contribution in [-0.2, 0) is 14.4 Å². The lowest BCUT2D eigenvalue weighted by atomic mass is 10.1. The van der Waals surface area contributed by atoms with Gasteiger partial charge in [-0.25, -0.2) is 9.59 Å². The van der Waals surface area contributed by atoms with Gasteiger partial charge in [-0.2, -0.15) is 0 Å². The molecule has 0 aliphatic heterocycles. The van der Waals surface area contributed by atoms with Gasteiger partial charge in [0.1, 0.15) is 11.5 Å². The Morgan fingerprint density at radius 2 is 1.57 bits per heavy atom. The van der Waals surface area contributed by atoms with Gasteiger partial charge in [-0.3, -0.25) is 4.79 Å². The molecule has 0 bridgehead atoms. The maximum absolute atomic E-state index is 10.3. The van der Waals surface area contributed by atoms with Crippen molar-refractivity contribution in [3.63, 3.8) is 0 Å². The minimum atomic E-state index is -1.25. The molecule has 0 heterocycles. The lowest BCUT2D eigenvalue weighted by Crippen LogP contribution is -2.01. The lowest BCUT2D eigenvalue weighted by Gasteiger charge is -1.97. The Bertz CT molecular complexity index is 262. The van der Waals surface area contributed by atoms with Crippen LogP contribution in [-0.4, -0.2) is 28.1 Å². The maximum atomic E-state index is 10.3. The van der Waals surface area contributed by atoms with E-state index in [-0.39, 0.29) is 18.4 Å². The van der Waals surface area contributed by atoms with Crippen LogP contribution in [0.1, 0.15) is 32.1 Å². The largest absolute Gasteiger partial charge is 0.481 e. The minimum absolute atomic E-state index is 0.0766. The summed E-state index contributed by atoms with van der Waals surface area (Å²) in [6, 6.07) is 0. The summed E-state index contributed by atoms with van der Waals surface area (Å²) >= 11 is 0. The zero-order chi connectivity index (χ0) is 11.0. The number of hydrogen-bond acceptors (Lipinski definition) is 3. The molecule has 0 aliphatic carbocycles. The first-order chi connectivity index (χ1) is 6.57. The first-order valence-electron chi connectivity index (χ1n) is 4.27. The van der Waals surface area contributed by atoms with Crippen LogP contribution in [0.25, 0.3) is 0 Å². The summed E-state index contributed by atoms with van der Waals surface area (Å²) in [5, 5.41) is 16.7. The second-order valence-corrected chi connectivity index (χ2v) is 2.84. The third-order valence-corrected chi connectivity index (χ3v) is 1.70. The zero-order valence-electron chi connectivity index (χ0n) is 7.65. The number of hydrogen-bond donors (Lipinski definition) is 2. The van der Waals surface area contributed by atoms with E-state index in [0.29, 0.717) is 19.3 Å². The van der Waals surface area contributed by atoms with Gasteiger partial charge in [-0.15, -0.1) is 0 Å². The highest BCUT2D eigenvalue weighted by Crippen LogP contribution is 2.08. The van der Waals surface area contributed by atoms with Gasteiger partial charge in [0.2, 0.25) is 0 Å². The molecule has 2 N–H and O–H groups in total. The minimum Gasteiger partial charge on any atom is -0.481 e. The first-order valence-corrected chi connectivity index (χ1v) is 4.27. The van der Waals surface area contributed by atoms with E-state index in [1.54, 1.807) is 0 Å². The number of carbonyl (C=O) groups is 2. The molecule has 0 amide bonds. The molecular weight excluding hydrogens is 188 g/mol. The van der Waals surface area contributed by atoms with Crippen LogP contribution in [0.3, 0.4) is 0 Å². The average molecular weight is 200 g/mol. The monoisotopic (exact) mass is 200 g/mol. The molecule has 0 saturated carbocycles. The molecule has 0 atom stereocenters. The van der Waals surface area contributed by atoms with Gasteiger partial charge in [-0.1, -0.05) is 6.42 Å². The highest BCUT2D eigenvalue weighted by atomic mass is 16.4. The molecule has 0 radical (unpaired) electrons. The standard InChI is InChI=1S/C9H12O5/c10-6-7(9(13)14)4-2-1-3-5-8(11)12/h1-5H2,(H,11,12)(H,13,14). The van der Waals surface area contributed by atoms with E-state index in [2.05, 4.69) is 0 Å². The van der Waals surface area contributed by atoms with Crippen molar-refractivity contribution in [1.29, 1.82) is 0 Å². The molecule has 0 spiro atoms. The summed E-state index contributed by atoms with van der Waals surface area (Å²) in [4.78, 5) is 30.5. The Morgan fingerprint density at radius 3 is 2.00 bits per heavy atom. The number of carboxylic acids is 2. The Labute approximate surface area is 81.0 Å². The number of unbranched alkanes of at least 4 members (excludes halogenated alkanes) is 2. The SMILES string of the molecule is O=C=C(CCCCCC(=O)O)C(=O)O. The fraction of sp³-hybridized carbons (Fsp3) is 0.556. The smallest absolute Gasteiger partial charge is 0.342 e. The van der Waals surface area contributed by atoms with Crippen molar-refractivity contribution in [1.82, 2.24) is 0 Å². The van der Waals surface area contributed by atoms with Gasteiger partial charge >= 0.3 is 11.9 Å². The first kappa shape index (κ1) is 12.4. The quantitative estimate of drug-likeness (QED) is 0.361. The van der Waals surface area contributed by atoms with E-state index >= 15 is 0 Å². The van der Waals surface area contributed by atoms with Gasteiger partial charge in [-0.05, 0) is 19.3 Å². The third kappa shape index (κ3) is 5.97. The predicted molar refractivity (Wildman–Crippen MR) is 47.6 cm³/mol. The predicted octanol–water partition coefficient (Wildman–Crippen LogP) is 0.864. The van der Waals surface area contributed by atoms with Crippen LogP contribution in [0.15, 0.2) is 5.57 Å². The van der Waals surface area contributed by atoms with Crippen molar-refractivity contribution >= 4 is 17.9 Å². The molecule has 0 fully saturated rings. The second-order valence-electron chi connectivity index (χ2n) is 2.84. The fourth-order valence-electron chi connectivity index (χ4n) is 0.956. The van der Waals surface area contributed by atoms with E-state index < -0.39 is 11.9 Å². The van der Waals surface area contributed by atoms with Crippen molar-refractivity contribution in [3.8, 4) is 0 Å². The van der Waals surface area contributed by atoms with Crippen molar-refractivity contribution < 1.29 is 24.6 Å². The highest BCUT2D eigenvalue weighted by Gasteiger charge is 2.07. The molecule has 0 rings (SSSR count). The van der Waals surface area contributed by atoms with Crippen molar-refractivity contribution in [3.05, 3.63) is 5.57 Å². The molecule has 0 saturated heterocycles. The highest BCUT2D eigenvalue weighted by molar-refractivity contribution is 5.95. The molecule has 14 heavy (non-hydrogen) atoms. The summed E-state index contributed by atoms with van der Waals surface area (Å²) in [7, 11) is 0.